The molecule has 0 aromatic carbocycles. The molecule has 0 amide bonds. The zero-order valence-corrected chi connectivity index (χ0v) is 10.4. The first-order valence-electron chi connectivity index (χ1n) is 6.99. The fourth-order valence-electron chi connectivity index (χ4n) is 4.42. The van der Waals surface area contributed by atoms with Crippen molar-refractivity contribution in [1.82, 2.24) is 4.90 Å². The predicted octanol–water partition coefficient (Wildman–Crippen LogP) is 2.91. The Kier molecular flexibility index (Phi) is 2.58. The molecule has 2 saturated heterocycles. The lowest BCUT2D eigenvalue weighted by Gasteiger charge is -2.49. The van der Waals surface area contributed by atoms with Crippen LogP contribution in [0.5, 0.6) is 0 Å². The van der Waals surface area contributed by atoms with Crippen molar-refractivity contribution in [1.29, 1.82) is 0 Å². The molecule has 1 saturated carbocycles. The second-order valence-electron chi connectivity index (χ2n) is 6.30. The second kappa shape index (κ2) is 3.83. The van der Waals surface area contributed by atoms with Crippen LogP contribution < -0.4 is 0 Å². The Labute approximate surface area is 98.4 Å². The quantitative estimate of drug-likeness (QED) is 0.678. The SMILES string of the molecule is CC1(N2C3CCC2CC(=O)C3)CCCCC1. The molecule has 3 aliphatic rings. The van der Waals surface area contributed by atoms with Gasteiger partial charge in [-0.1, -0.05) is 19.3 Å². The van der Waals surface area contributed by atoms with Gasteiger partial charge >= 0.3 is 0 Å². The number of nitrogens with zero attached hydrogens (tertiary/aromatic N) is 1. The van der Waals surface area contributed by atoms with E-state index < -0.39 is 0 Å². The first kappa shape index (κ1) is 10.8. The van der Waals surface area contributed by atoms with Crippen molar-refractivity contribution in [3.05, 3.63) is 0 Å². The Morgan fingerprint density at radius 3 is 2.19 bits per heavy atom. The van der Waals surface area contributed by atoms with Crippen LogP contribution in [0.2, 0.25) is 0 Å². The number of carbonyl (C=O) groups excluding carboxylic acids is 1. The van der Waals surface area contributed by atoms with E-state index >= 15 is 0 Å². The molecular weight excluding hydrogens is 198 g/mol. The summed E-state index contributed by atoms with van der Waals surface area (Å²) in [5.74, 6) is 0.517. The molecule has 16 heavy (non-hydrogen) atoms. The molecule has 2 bridgehead atoms. The van der Waals surface area contributed by atoms with Crippen LogP contribution in [0.1, 0.15) is 64.7 Å². The predicted molar refractivity (Wildman–Crippen MR) is 64.4 cm³/mol. The van der Waals surface area contributed by atoms with Gasteiger partial charge in [0.15, 0.2) is 0 Å². The highest BCUT2D eigenvalue weighted by molar-refractivity contribution is 5.81. The van der Waals surface area contributed by atoms with Gasteiger partial charge in [0.2, 0.25) is 0 Å². The highest BCUT2D eigenvalue weighted by Crippen LogP contribution is 2.44. The maximum absolute atomic E-state index is 11.6. The summed E-state index contributed by atoms with van der Waals surface area (Å²) in [5, 5.41) is 0. The van der Waals surface area contributed by atoms with E-state index in [1.165, 1.54) is 44.9 Å². The lowest BCUT2D eigenvalue weighted by Crippen LogP contribution is -2.56. The molecule has 2 heterocycles. The molecule has 0 aromatic rings. The van der Waals surface area contributed by atoms with Gasteiger partial charge in [-0.25, -0.2) is 0 Å². The van der Waals surface area contributed by atoms with Gasteiger partial charge in [0.25, 0.3) is 0 Å². The number of ketones is 1. The molecule has 0 radical (unpaired) electrons. The summed E-state index contributed by atoms with van der Waals surface area (Å²) in [6.07, 6.45) is 11.1. The Morgan fingerprint density at radius 2 is 1.62 bits per heavy atom. The van der Waals surface area contributed by atoms with Gasteiger partial charge in [0.1, 0.15) is 5.78 Å². The molecule has 3 rings (SSSR count). The summed E-state index contributed by atoms with van der Waals surface area (Å²) in [6, 6.07) is 1.18. The molecule has 1 aliphatic carbocycles. The molecule has 2 nitrogen and oxygen atoms in total. The van der Waals surface area contributed by atoms with Crippen molar-refractivity contribution in [2.75, 3.05) is 0 Å². The van der Waals surface area contributed by atoms with Crippen LogP contribution >= 0.6 is 0 Å². The molecule has 2 unspecified atom stereocenters. The van der Waals surface area contributed by atoms with Gasteiger partial charge in [0, 0.05) is 30.5 Å². The van der Waals surface area contributed by atoms with Crippen LogP contribution in [0.25, 0.3) is 0 Å². The molecule has 0 aromatic heterocycles. The molecular formula is C14H23NO. The van der Waals surface area contributed by atoms with E-state index in [-0.39, 0.29) is 0 Å². The van der Waals surface area contributed by atoms with E-state index in [0.29, 0.717) is 23.4 Å². The Morgan fingerprint density at radius 1 is 1.06 bits per heavy atom. The minimum absolute atomic E-state index is 0.421. The molecule has 2 atom stereocenters. The van der Waals surface area contributed by atoms with Crippen LogP contribution in [-0.2, 0) is 4.79 Å². The smallest absolute Gasteiger partial charge is 0.136 e. The fourth-order valence-corrected chi connectivity index (χ4v) is 4.42. The minimum atomic E-state index is 0.421. The van der Waals surface area contributed by atoms with Crippen LogP contribution in [-0.4, -0.2) is 28.3 Å². The van der Waals surface area contributed by atoms with Crippen molar-refractivity contribution < 1.29 is 4.79 Å². The largest absolute Gasteiger partial charge is 0.300 e. The van der Waals surface area contributed by atoms with E-state index in [0.717, 1.165) is 12.8 Å². The summed E-state index contributed by atoms with van der Waals surface area (Å²) >= 11 is 0. The van der Waals surface area contributed by atoms with Crippen molar-refractivity contribution in [2.24, 2.45) is 0 Å². The van der Waals surface area contributed by atoms with E-state index in [2.05, 4.69) is 11.8 Å². The Bertz CT molecular complexity index is 277. The van der Waals surface area contributed by atoms with Gasteiger partial charge in [-0.3, -0.25) is 9.69 Å². The number of hydrogen-bond acceptors (Lipinski definition) is 2. The van der Waals surface area contributed by atoms with Crippen molar-refractivity contribution in [3.8, 4) is 0 Å². The molecule has 2 heteroatoms. The van der Waals surface area contributed by atoms with Crippen molar-refractivity contribution >= 4 is 5.78 Å². The van der Waals surface area contributed by atoms with Gasteiger partial charge in [-0.2, -0.15) is 0 Å². The standard InChI is InChI=1S/C14H23NO/c1-14(7-3-2-4-8-14)15-11-5-6-12(15)10-13(16)9-11/h11-12H,2-10H2,1H3. The number of rotatable bonds is 1. The number of fused-ring (bicyclic) bond motifs is 2. The van der Waals surface area contributed by atoms with Crippen LogP contribution in [0.3, 0.4) is 0 Å². The summed E-state index contributed by atoms with van der Waals surface area (Å²) in [4.78, 5) is 14.4. The maximum atomic E-state index is 11.6. The zero-order chi connectivity index (χ0) is 11.2. The normalized spacial score (nSPS) is 38.9. The maximum Gasteiger partial charge on any atom is 0.136 e. The second-order valence-corrected chi connectivity index (χ2v) is 6.30. The van der Waals surface area contributed by atoms with E-state index in [1.54, 1.807) is 0 Å². The molecule has 0 N–H and O–H groups in total. The first-order valence-corrected chi connectivity index (χ1v) is 6.99. The van der Waals surface area contributed by atoms with Gasteiger partial charge in [0.05, 0.1) is 0 Å². The number of carbonyl (C=O) groups is 1. The third-order valence-electron chi connectivity index (χ3n) is 5.10. The summed E-state index contributed by atoms with van der Waals surface area (Å²) in [5.41, 5.74) is 0.421. The van der Waals surface area contributed by atoms with E-state index in [1.807, 2.05) is 0 Å². The summed E-state index contributed by atoms with van der Waals surface area (Å²) in [6.45, 7) is 2.45. The lowest BCUT2D eigenvalue weighted by molar-refractivity contribution is -0.126. The number of Topliss-reactive ketones (excluding diaryl/α,β-unsaturated/α-hetero) is 1. The fraction of sp³-hybridized carbons (Fsp3) is 0.929. The monoisotopic (exact) mass is 221 g/mol. The van der Waals surface area contributed by atoms with Crippen LogP contribution in [0.15, 0.2) is 0 Å². The molecule has 90 valence electrons. The van der Waals surface area contributed by atoms with Gasteiger partial charge in [-0.05, 0) is 32.6 Å². The average molecular weight is 221 g/mol. The number of piperidine rings is 1. The topological polar surface area (TPSA) is 20.3 Å². The van der Waals surface area contributed by atoms with Crippen LogP contribution in [0, 0.1) is 0 Å². The van der Waals surface area contributed by atoms with Crippen LogP contribution in [0.4, 0.5) is 0 Å². The average Bonchev–Trinajstić information content (AvgIpc) is 2.54. The van der Waals surface area contributed by atoms with Gasteiger partial charge < -0.3 is 0 Å². The third kappa shape index (κ3) is 1.62. The first-order chi connectivity index (χ1) is 7.69. The lowest BCUT2D eigenvalue weighted by atomic mass is 9.79. The Hall–Kier alpha value is -0.370. The van der Waals surface area contributed by atoms with E-state index in [9.17, 15) is 4.79 Å². The Balaban J connectivity index is 1.81. The highest BCUT2D eigenvalue weighted by Gasteiger charge is 2.48. The minimum Gasteiger partial charge on any atom is -0.300 e. The zero-order valence-electron chi connectivity index (χ0n) is 10.4. The summed E-state index contributed by atoms with van der Waals surface area (Å²) < 4.78 is 0. The third-order valence-corrected chi connectivity index (χ3v) is 5.10. The van der Waals surface area contributed by atoms with Crippen molar-refractivity contribution in [2.45, 2.75) is 82.3 Å². The summed E-state index contributed by atoms with van der Waals surface area (Å²) in [7, 11) is 0. The van der Waals surface area contributed by atoms with E-state index in [4.69, 9.17) is 0 Å². The molecule has 2 aliphatic heterocycles. The van der Waals surface area contributed by atoms with Gasteiger partial charge in [-0.15, -0.1) is 0 Å². The highest BCUT2D eigenvalue weighted by atomic mass is 16.1. The van der Waals surface area contributed by atoms with Crippen molar-refractivity contribution in [3.63, 3.8) is 0 Å². The number of hydrogen-bond donors (Lipinski definition) is 0. The molecule has 3 fully saturated rings. The molecule has 0 spiro atoms.